The number of carbonyl (C=O) groups is 1. The molecule has 0 unspecified atom stereocenters. The van der Waals surface area contributed by atoms with E-state index in [4.69, 9.17) is 9.47 Å². The molecule has 1 aliphatic heterocycles. The van der Waals surface area contributed by atoms with Crippen molar-refractivity contribution in [2.45, 2.75) is 4.90 Å². The molecule has 4 rings (SSSR count). The molecule has 1 saturated heterocycles. The Kier molecular flexibility index (Phi) is 5.63. The van der Waals surface area contributed by atoms with Gasteiger partial charge in [-0.15, -0.1) is 0 Å². The van der Waals surface area contributed by atoms with E-state index in [2.05, 4.69) is 4.98 Å². The van der Waals surface area contributed by atoms with E-state index in [9.17, 15) is 23.3 Å². The van der Waals surface area contributed by atoms with Crippen LogP contribution in [0.5, 0.6) is 5.75 Å². The Morgan fingerprint density at radius 1 is 1.13 bits per heavy atom. The Balaban J connectivity index is 1.64. The van der Waals surface area contributed by atoms with Gasteiger partial charge < -0.3 is 9.47 Å². The highest BCUT2D eigenvalue weighted by Gasteiger charge is 2.27. The first-order chi connectivity index (χ1) is 14.9. The van der Waals surface area contributed by atoms with E-state index in [0.29, 0.717) is 13.2 Å². The second-order valence-corrected chi connectivity index (χ2v) is 8.61. The maximum Gasteiger partial charge on any atom is 0.343 e. The predicted octanol–water partition coefficient (Wildman–Crippen LogP) is 2.38. The Labute approximate surface area is 177 Å². The van der Waals surface area contributed by atoms with E-state index in [1.54, 1.807) is 6.07 Å². The van der Waals surface area contributed by atoms with Crippen LogP contribution in [0.4, 0.5) is 5.69 Å². The first-order valence-corrected chi connectivity index (χ1v) is 10.7. The highest BCUT2D eigenvalue weighted by Crippen LogP contribution is 2.31. The number of rotatable bonds is 5. The number of sulfonamides is 1. The van der Waals surface area contributed by atoms with Gasteiger partial charge in [-0.1, -0.05) is 6.07 Å². The lowest BCUT2D eigenvalue weighted by molar-refractivity contribution is -0.383. The fourth-order valence-electron chi connectivity index (χ4n) is 3.25. The maximum absolute atomic E-state index is 12.8. The third-order valence-corrected chi connectivity index (χ3v) is 6.68. The largest absolute Gasteiger partial charge is 0.421 e. The van der Waals surface area contributed by atoms with Crippen LogP contribution in [0.3, 0.4) is 0 Å². The molecule has 160 valence electrons. The van der Waals surface area contributed by atoms with E-state index in [1.165, 1.54) is 53.0 Å². The van der Waals surface area contributed by atoms with Gasteiger partial charge in [-0.05, 0) is 36.4 Å². The molecule has 31 heavy (non-hydrogen) atoms. The smallest absolute Gasteiger partial charge is 0.343 e. The third kappa shape index (κ3) is 4.10. The summed E-state index contributed by atoms with van der Waals surface area (Å²) in [6.07, 6.45) is 1.43. The quantitative estimate of drug-likeness (QED) is 0.254. The minimum atomic E-state index is -3.78. The summed E-state index contributed by atoms with van der Waals surface area (Å²) in [5, 5.41) is 11.5. The first kappa shape index (κ1) is 20.8. The van der Waals surface area contributed by atoms with Crippen LogP contribution in [0.25, 0.3) is 10.9 Å². The molecule has 0 aliphatic carbocycles. The van der Waals surface area contributed by atoms with Crippen LogP contribution in [0, 0.1) is 10.1 Å². The number of nitrogens with zero attached hydrogens (tertiary/aromatic N) is 3. The van der Waals surface area contributed by atoms with Crippen LogP contribution in [-0.2, 0) is 14.8 Å². The van der Waals surface area contributed by atoms with Crippen LogP contribution in [0.15, 0.2) is 59.6 Å². The fraction of sp³-hybridized carbons (Fsp3) is 0.200. The van der Waals surface area contributed by atoms with Crippen LogP contribution < -0.4 is 4.74 Å². The molecule has 0 amide bonds. The molecule has 1 aromatic heterocycles. The molecule has 0 atom stereocenters. The zero-order chi connectivity index (χ0) is 22.0. The minimum absolute atomic E-state index is 0.0248. The van der Waals surface area contributed by atoms with Crippen molar-refractivity contribution in [3.8, 4) is 5.75 Å². The molecule has 2 heterocycles. The topological polar surface area (TPSA) is 129 Å². The predicted molar refractivity (Wildman–Crippen MR) is 109 cm³/mol. The van der Waals surface area contributed by atoms with Crippen molar-refractivity contribution in [2.75, 3.05) is 26.3 Å². The number of ether oxygens (including phenoxy) is 2. The fourth-order valence-corrected chi connectivity index (χ4v) is 4.71. The second-order valence-electron chi connectivity index (χ2n) is 6.67. The van der Waals surface area contributed by atoms with Crippen LogP contribution in [0.1, 0.15) is 10.4 Å². The lowest BCUT2D eigenvalue weighted by Crippen LogP contribution is -2.40. The summed E-state index contributed by atoms with van der Waals surface area (Å²) >= 11 is 0. The van der Waals surface area contributed by atoms with Gasteiger partial charge in [0.2, 0.25) is 10.0 Å². The molecular formula is C20H17N3O7S. The summed E-state index contributed by atoms with van der Waals surface area (Å²) in [6.45, 7) is 1.08. The summed E-state index contributed by atoms with van der Waals surface area (Å²) in [6, 6.07) is 11.1. The third-order valence-electron chi connectivity index (χ3n) is 4.79. The van der Waals surface area contributed by atoms with Crippen molar-refractivity contribution in [2.24, 2.45) is 0 Å². The normalized spacial score (nSPS) is 15.0. The van der Waals surface area contributed by atoms with Gasteiger partial charge in [-0.25, -0.2) is 13.2 Å². The Morgan fingerprint density at radius 2 is 1.90 bits per heavy atom. The molecule has 0 radical (unpaired) electrons. The standard InChI is InChI=1S/C20H17N3O7S/c24-20(30-18-7-6-17(23(25)26)16-5-2-8-21-19(16)18)14-3-1-4-15(13-14)31(27,28)22-9-11-29-12-10-22/h1-8,13H,9-12H2. The number of fused-ring (bicyclic) bond motifs is 1. The zero-order valence-electron chi connectivity index (χ0n) is 16.1. The number of nitro benzene ring substituents is 1. The second kappa shape index (κ2) is 8.38. The lowest BCUT2D eigenvalue weighted by atomic mass is 10.1. The van der Waals surface area contributed by atoms with Crippen molar-refractivity contribution in [1.29, 1.82) is 0 Å². The molecule has 0 N–H and O–H groups in total. The average molecular weight is 443 g/mol. The number of nitro groups is 1. The Bertz CT molecular complexity index is 1270. The van der Waals surface area contributed by atoms with Crippen molar-refractivity contribution < 1.29 is 27.6 Å². The number of non-ortho nitro benzene ring substituents is 1. The number of benzene rings is 2. The molecule has 1 aliphatic rings. The number of morpholine rings is 1. The summed E-state index contributed by atoms with van der Waals surface area (Å²) in [4.78, 5) is 27.5. The molecule has 0 bridgehead atoms. The SMILES string of the molecule is O=C(Oc1ccc([N+](=O)[O-])c2cccnc12)c1cccc(S(=O)(=O)N2CCOCC2)c1. The van der Waals surface area contributed by atoms with Crippen LogP contribution in [-0.4, -0.2) is 54.9 Å². The summed E-state index contributed by atoms with van der Waals surface area (Å²) in [5.41, 5.74) is 0.0143. The molecule has 10 nitrogen and oxygen atoms in total. The number of hydrogen-bond donors (Lipinski definition) is 0. The Hall–Kier alpha value is -3.41. The van der Waals surface area contributed by atoms with Crippen LogP contribution >= 0.6 is 0 Å². The number of pyridine rings is 1. The van der Waals surface area contributed by atoms with Gasteiger partial charge in [0.25, 0.3) is 5.69 Å². The van der Waals surface area contributed by atoms with Gasteiger partial charge in [-0.3, -0.25) is 15.1 Å². The van der Waals surface area contributed by atoms with E-state index in [0.717, 1.165) is 0 Å². The van der Waals surface area contributed by atoms with Gasteiger partial charge >= 0.3 is 5.97 Å². The number of hydrogen-bond acceptors (Lipinski definition) is 8. The van der Waals surface area contributed by atoms with Crippen molar-refractivity contribution in [1.82, 2.24) is 9.29 Å². The molecule has 1 fully saturated rings. The summed E-state index contributed by atoms with van der Waals surface area (Å²) in [7, 11) is -3.78. The first-order valence-electron chi connectivity index (χ1n) is 9.30. The lowest BCUT2D eigenvalue weighted by Gasteiger charge is -2.26. The van der Waals surface area contributed by atoms with E-state index in [1.807, 2.05) is 0 Å². The molecule has 0 spiro atoms. The highest BCUT2D eigenvalue weighted by atomic mass is 32.2. The van der Waals surface area contributed by atoms with Crippen molar-refractivity contribution in [3.63, 3.8) is 0 Å². The van der Waals surface area contributed by atoms with Gasteiger partial charge in [-0.2, -0.15) is 4.31 Å². The maximum atomic E-state index is 12.8. The van der Waals surface area contributed by atoms with Crippen molar-refractivity contribution in [3.05, 3.63) is 70.4 Å². The molecule has 2 aromatic carbocycles. The highest BCUT2D eigenvalue weighted by molar-refractivity contribution is 7.89. The Morgan fingerprint density at radius 3 is 2.65 bits per heavy atom. The van der Waals surface area contributed by atoms with Gasteiger partial charge in [0.1, 0.15) is 5.52 Å². The number of carbonyl (C=O) groups excluding carboxylic acids is 1. The molecule has 0 saturated carbocycles. The van der Waals surface area contributed by atoms with Gasteiger partial charge in [0.15, 0.2) is 5.75 Å². The monoisotopic (exact) mass is 443 g/mol. The number of aromatic nitrogens is 1. The minimum Gasteiger partial charge on any atom is -0.421 e. The molecular weight excluding hydrogens is 426 g/mol. The van der Waals surface area contributed by atoms with Crippen LogP contribution in [0.2, 0.25) is 0 Å². The van der Waals surface area contributed by atoms with E-state index in [-0.39, 0.29) is 45.9 Å². The zero-order valence-corrected chi connectivity index (χ0v) is 16.9. The van der Waals surface area contributed by atoms with Gasteiger partial charge in [0.05, 0.1) is 34.0 Å². The van der Waals surface area contributed by atoms with Crippen molar-refractivity contribution >= 4 is 32.6 Å². The average Bonchev–Trinajstić information content (AvgIpc) is 2.79. The summed E-state index contributed by atoms with van der Waals surface area (Å²) in [5.74, 6) is -0.771. The summed E-state index contributed by atoms with van der Waals surface area (Å²) < 4.78 is 37.6. The number of esters is 1. The van der Waals surface area contributed by atoms with Gasteiger partial charge in [0, 0.05) is 25.4 Å². The van der Waals surface area contributed by atoms with E-state index < -0.39 is 20.9 Å². The molecule has 11 heteroatoms. The van der Waals surface area contributed by atoms with E-state index >= 15 is 0 Å². The molecule has 3 aromatic rings.